The van der Waals surface area contributed by atoms with E-state index in [2.05, 4.69) is 26.0 Å². The van der Waals surface area contributed by atoms with Crippen molar-refractivity contribution in [2.45, 2.75) is 19.4 Å². The largest absolute Gasteiger partial charge is 0.465 e. The minimum atomic E-state index is -3.72. The Kier molecular flexibility index (Phi) is 5.28. The predicted octanol–water partition coefficient (Wildman–Crippen LogP) is 2.89. The summed E-state index contributed by atoms with van der Waals surface area (Å²) < 4.78 is 26.9. The molecule has 3 N–H and O–H groups in total. The van der Waals surface area contributed by atoms with Crippen LogP contribution in [-0.2, 0) is 10.0 Å². The molecule has 6 nitrogen and oxygen atoms in total. The van der Waals surface area contributed by atoms with Crippen LogP contribution in [0.15, 0.2) is 22.7 Å². The van der Waals surface area contributed by atoms with Crippen LogP contribution in [0.25, 0.3) is 0 Å². The fourth-order valence-corrected chi connectivity index (χ4v) is 4.10. The average molecular weight is 386 g/mol. The zero-order chi connectivity index (χ0) is 15.6. The van der Waals surface area contributed by atoms with Crippen molar-refractivity contribution in [3.05, 3.63) is 27.7 Å². The van der Waals surface area contributed by atoms with E-state index in [1.807, 2.05) is 0 Å². The van der Waals surface area contributed by atoms with Crippen LogP contribution in [0.2, 0.25) is 5.02 Å². The van der Waals surface area contributed by atoms with E-state index in [0.29, 0.717) is 15.2 Å². The molecule has 1 aromatic carbocycles. The highest BCUT2D eigenvalue weighted by molar-refractivity contribution is 9.10. The monoisotopic (exact) mass is 384 g/mol. The zero-order valence-electron chi connectivity index (χ0n) is 10.8. The van der Waals surface area contributed by atoms with Crippen molar-refractivity contribution in [1.29, 1.82) is 0 Å². The first-order chi connectivity index (χ1) is 9.01. The Bertz CT molecular complexity index is 619. The maximum atomic E-state index is 12.0. The van der Waals surface area contributed by atoms with Gasteiger partial charge in [0.2, 0.25) is 10.0 Å². The lowest BCUT2D eigenvalue weighted by atomic mass is 10.1. The molecule has 0 unspecified atom stereocenters. The van der Waals surface area contributed by atoms with E-state index >= 15 is 0 Å². The van der Waals surface area contributed by atoms with E-state index in [0.717, 1.165) is 0 Å². The summed E-state index contributed by atoms with van der Waals surface area (Å²) in [6.07, 6.45) is -1.28. The summed E-state index contributed by atoms with van der Waals surface area (Å²) in [5.74, 6) is -0.401. The minimum absolute atomic E-state index is 0.334. The van der Waals surface area contributed by atoms with Gasteiger partial charge < -0.3 is 10.4 Å². The summed E-state index contributed by atoms with van der Waals surface area (Å²) >= 11 is 8.97. The maximum absolute atomic E-state index is 12.0. The van der Waals surface area contributed by atoms with Crippen LogP contribution in [0.3, 0.4) is 0 Å². The van der Waals surface area contributed by atoms with Crippen LogP contribution in [0, 0.1) is 0 Å². The summed E-state index contributed by atoms with van der Waals surface area (Å²) in [5.41, 5.74) is -0.781. The molecule has 0 aliphatic heterocycles. The first-order valence-electron chi connectivity index (χ1n) is 5.47. The molecule has 1 aromatic rings. The number of amides is 1. The number of benzene rings is 1. The Morgan fingerprint density at radius 2 is 2.05 bits per heavy atom. The lowest BCUT2D eigenvalue weighted by Gasteiger charge is -2.24. The Morgan fingerprint density at radius 3 is 2.55 bits per heavy atom. The van der Waals surface area contributed by atoms with Crippen molar-refractivity contribution >= 4 is 49.3 Å². The molecule has 0 atom stereocenters. The standard InChI is InChI=1S/C11H14BrClN2O4S/c1-11(2,14-10(16)17)6-20(18,19)15-9-4-3-7(13)5-8(9)12/h3-5,14-15H,6H2,1-2H3,(H,16,17). The average Bonchev–Trinajstić information content (AvgIpc) is 2.18. The summed E-state index contributed by atoms with van der Waals surface area (Å²) in [6.45, 7) is 2.97. The van der Waals surface area contributed by atoms with Crippen LogP contribution in [0.5, 0.6) is 0 Å². The molecule has 0 radical (unpaired) electrons. The van der Waals surface area contributed by atoms with Crippen molar-refractivity contribution in [2.75, 3.05) is 10.5 Å². The predicted molar refractivity (Wildman–Crippen MR) is 81.8 cm³/mol. The highest BCUT2D eigenvalue weighted by atomic mass is 79.9. The van der Waals surface area contributed by atoms with E-state index < -0.39 is 27.4 Å². The normalized spacial score (nSPS) is 12.0. The first-order valence-corrected chi connectivity index (χ1v) is 8.30. The summed E-state index contributed by atoms with van der Waals surface area (Å²) in [5, 5.41) is 11.3. The molecule has 1 rings (SSSR count). The molecule has 0 saturated heterocycles. The topological polar surface area (TPSA) is 95.5 Å². The smallest absolute Gasteiger partial charge is 0.405 e. The van der Waals surface area contributed by atoms with Crippen molar-refractivity contribution in [1.82, 2.24) is 5.32 Å². The Labute approximate surface area is 130 Å². The van der Waals surface area contributed by atoms with E-state index in [4.69, 9.17) is 16.7 Å². The van der Waals surface area contributed by atoms with Crippen molar-refractivity contribution in [3.8, 4) is 0 Å². The lowest BCUT2D eigenvalue weighted by Crippen LogP contribution is -2.48. The van der Waals surface area contributed by atoms with E-state index in [-0.39, 0.29) is 0 Å². The summed E-state index contributed by atoms with van der Waals surface area (Å²) in [7, 11) is -3.72. The number of hydrogen-bond acceptors (Lipinski definition) is 3. The number of carboxylic acid groups (broad SMARTS) is 1. The third-order valence-corrected chi connectivity index (χ3v) is 4.72. The molecule has 9 heteroatoms. The Hall–Kier alpha value is -0.990. The van der Waals surface area contributed by atoms with Crippen molar-refractivity contribution in [2.24, 2.45) is 0 Å². The number of anilines is 1. The van der Waals surface area contributed by atoms with Crippen molar-refractivity contribution < 1.29 is 18.3 Å². The third kappa shape index (κ3) is 5.56. The fourth-order valence-electron chi connectivity index (χ4n) is 1.58. The highest BCUT2D eigenvalue weighted by Gasteiger charge is 2.28. The highest BCUT2D eigenvalue weighted by Crippen LogP contribution is 2.27. The number of sulfonamides is 1. The van der Waals surface area contributed by atoms with Gasteiger partial charge in [-0.05, 0) is 48.0 Å². The molecule has 0 aliphatic carbocycles. The second-order valence-electron chi connectivity index (χ2n) is 4.80. The summed E-state index contributed by atoms with van der Waals surface area (Å²) in [4.78, 5) is 10.6. The number of carbonyl (C=O) groups is 1. The number of hydrogen-bond donors (Lipinski definition) is 3. The van der Waals surface area contributed by atoms with Crippen LogP contribution in [-0.4, -0.2) is 30.9 Å². The SMILES string of the molecule is CC(C)(CS(=O)(=O)Nc1ccc(Cl)cc1Br)NC(=O)O. The van der Waals surface area contributed by atoms with Gasteiger partial charge in [-0.3, -0.25) is 4.72 Å². The molecule has 0 saturated carbocycles. The second-order valence-corrected chi connectivity index (χ2v) is 7.81. The molecule has 0 fully saturated rings. The van der Waals surface area contributed by atoms with Crippen molar-refractivity contribution in [3.63, 3.8) is 0 Å². The van der Waals surface area contributed by atoms with Gasteiger partial charge in [0.25, 0.3) is 0 Å². The van der Waals surface area contributed by atoms with E-state index in [1.165, 1.54) is 19.9 Å². The van der Waals surface area contributed by atoms with Crippen LogP contribution in [0.4, 0.5) is 10.5 Å². The van der Waals surface area contributed by atoms with Crippen LogP contribution < -0.4 is 10.0 Å². The number of halogens is 2. The number of rotatable bonds is 5. The molecule has 0 bridgehead atoms. The van der Waals surface area contributed by atoms with Gasteiger partial charge in [0.1, 0.15) is 0 Å². The zero-order valence-corrected chi connectivity index (χ0v) is 13.9. The fraction of sp³-hybridized carbons (Fsp3) is 0.364. The van der Waals surface area contributed by atoms with Gasteiger partial charge in [0, 0.05) is 9.50 Å². The van der Waals surface area contributed by atoms with Gasteiger partial charge in [-0.2, -0.15) is 0 Å². The van der Waals surface area contributed by atoms with Gasteiger partial charge in [0.15, 0.2) is 0 Å². The van der Waals surface area contributed by atoms with Gasteiger partial charge >= 0.3 is 6.09 Å². The van der Waals surface area contributed by atoms with Gasteiger partial charge in [-0.15, -0.1) is 0 Å². The molecule has 1 amide bonds. The molecule has 20 heavy (non-hydrogen) atoms. The molecule has 0 spiro atoms. The van der Waals surface area contributed by atoms with Gasteiger partial charge in [-0.1, -0.05) is 11.6 Å². The van der Waals surface area contributed by atoms with Crippen LogP contribution in [0.1, 0.15) is 13.8 Å². The minimum Gasteiger partial charge on any atom is -0.465 e. The van der Waals surface area contributed by atoms with E-state index in [9.17, 15) is 13.2 Å². The number of nitrogens with one attached hydrogen (secondary N) is 2. The Morgan fingerprint density at radius 1 is 1.45 bits per heavy atom. The summed E-state index contributed by atoms with van der Waals surface area (Å²) in [6, 6.07) is 4.62. The van der Waals surface area contributed by atoms with Crippen LogP contribution >= 0.6 is 27.5 Å². The molecular formula is C11H14BrClN2O4S. The molecule has 0 heterocycles. The van der Waals surface area contributed by atoms with Gasteiger partial charge in [-0.25, -0.2) is 13.2 Å². The lowest BCUT2D eigenvalue weighted by molar-refractivity contribution is 0.185. The maximum Gasteiger partial charge on any atom is 0.405 e. The molecule has 0 aliphatic rings. The first kappa shape index (κ1) is 17.1. The quantitative estimate of drug-likeness (QED) is 0.726. The van der Waals surface area contributed by atoms with E-state index in [1.54, 1.807) is 12.1 Å². The molecule has 112 valence electrons. The second kappa shape index (κ2) is 6.19. The third-order valence-electron chi connectivity index (χ3n) is 2.19. The Balaban J connectivity index is 2.87. The molecule has 0 aromatic heterocycles. The molecular weight excluding hydrogens is 372 g/mol. The van der Waals surface area contributed by atoms with Gasteiger partial charge in [0.05, 0.1) is 17.0 Å².